The van der Waals surface area contributed by atoms with Crippen molar-refractivity contribution in [1.29, 1.82) is 0 Å². The number of aliphatic imine (C=N–C) groups is 1. The number of nitrogens with zero attached hydrogens (tertiary/aromatic N) is 2. The van der Waals surface area contributed by atoms with Gasteiger partial charge in [-0.2, -0.15) is 4.99 Å². The zero-order valence-electron chi connectivity index (χ0n) is 25.7. The fourth-order valence-corrected chi connectivity index (χ4v) is 4.52. The molecule has 9 nitrogen and oxygen atoms in total. The number of hydrogen-bond donors (Lipinski definition) is 1. The van der Waals surface area contributed by atoms with Gasteiger partial charge in [-0.25, -0.2) is 4.79 Å². The molecule has 9 heteroatoms. The van der Waals surface area contributed by atoms with Crippen LogP contribution >= 0.6 is 0 Å². The second kappa shape index (κ2) is 16.8. The summed E-state index contributed by atoms with van der Waals surface area (Å²) >= 11 is 0. The zero-order valence-corrected chi connectivity index (χ0v) is 25.7. The fraction of sp³-hybridized carbons (Fsp3) is 0.382. The van der Waals surface area contributed by atoms with Crippen molar-refractivity contribution < 1.29 is 28.5 Å². The van der Waals surface area contributed by atoms with Gasteiger partial charge in [-0.05, 0) is 95.0 Å². The molecule has 0 spiro atoms. The van der Waals surface area contributed by atoms with Crippen LogP contribution in [0.25, 0.3) is 0 Å². The molecule has 0 bridgehead atoms. The number of rotatable bonds is 15. The number of methoxy groups -OCH3 is 1. The number of nitrogens with two attached hydrogens (primary N) is 1. The number of benzene rings is 3. The minimum absolute atomic E-state index is 0.0275. The number of amidine groups is 1. The Kier molecular flexibility index (Phi) is 12.9. The number of carbonyl (C=O) groups excluding carboxylic acids is 2. The first-order chi connectivity index (χ1) is 20.7. The van der Waals surface area contributed by atoms with Gasteiger partial charge in [0.2, 0.25) is 0 Å². The summed E-state index contributed by atoms with van der Waals surface area (Å²) in [5, 5.41) is 0. The second-order valence-corrected chi connectivity index (χ2v) is 10.6. The van der Waals surface area contributed by atoms with Crippen LogP contribution in [-0.4, -0.2) is 55.1 Å². The summed E-state index contributed by atoms with van der Waals surface area (Å²) in [5.74, 6) is 1.91. The van der Waals surface area contributed by atoms with E-state index >= 15 is 0 Å². The largest absolute Gasteiger partial charge is 0.494 e. The molecule has 0 saturated carbocycles. The third kappa shape index (κ3) is 10.4. The van der Waals surface area contributed by atoms with Gasteiger partial charge in [0.1, 0.15) is 18.2 Å². The quantitative estimate of drug-likeness (QED) is 0.120. The van der Waals surface area contributed by atoms with Gasteiger partial charge in [0.15, 0.2) is 11.5 Å². The van der Waals surface area contributed by atoms with Gasteiger partial charge in [-0.15, -0.1) is 0 Å². The fourth-order valence-electron chi connectivity index (χ4n) is 4.52. The van der Waals surface area contributed by atoms with E-state index in [0.717, 1.165) is 24.8 Å². The van der Waals surface area contributed by atoms with Crippen molar-refractivity contribution in [3.63, 3.8) is 0 Å². The summed E-state index contributed by atoms with van der Waals surface area (Å²) < 4.78 is 22.4. The predicted molar refractivity (Wildman–Crippen MR) is 168 cm³/mol. The first kappa shape index (κ1) is 33.0. The molecule has 0 radical (unpaired) electrons. The zero-order chi connectivity index (χ0) is 31.2. The molecule has 3 aromatic carbocycles. The Morgan fingerprint density at radius 2 is 1.42 bits per heavy atom. The smallest absolute Gasteiger partial charge is 0.435 e. The molecule has 0 aliphatic heterocycles. The van der Waals surface area contributed by atoms with E-state index < -0.39 is 6.09 Å². The molecular weight excluding hydrogens is 546 g/mol. The normalized spacial score (nSPS) is 11.4. The highest BCUT2D eigenvalue weighted by Crippen LogP contribution is 2.29. The van der Waals surface area contributed by atoms with E-state index in [-0.39, 0.29) is 30.4 Å². The Morgan fingerprint density at radius 1 is 0.791 bits per heavy atom. The molecule has 3 rings (SSSR count). The van der Waals surface area contributed by atoms with Crippen molar-refractivity contribution in [2.45, 2.75) is 65.6 Å². The van der Waals surface area contributed by atoms with Crippen molar-refractivity contribution >= 4 is 17.8 Å². The van der Waals surface area contributed by atoms with Gasteiger partial charge >= 0.3 is 6.09 Å². The lowest BCUT2D eigenvalue weighted by Gasteiger charge is -2.31. The molecule has 0 aliphatic rings. The molecule has 230 valence electrons. The standard InChI is InChI=1S/C34H43N3O6/c1-24(2)37(25(3)4)33(38)28-16-19-30(31(22-28)40-5)42-21-11-7-10-20-41-29-17-14-27(15-18-29)32(35)36-34(39)43-23-26-12-8-6-9-13-26/h6,8-9,12-19,22,24-25H,7,10-11,20-21,23H2,1-5H3,(H2,35,36,39). The van der Waals surface area contributed by atoms with Crippen molar-refractivity contribution in [3.8, 4) is 17.2 Å². The van der Waals surface area contributed by atoms with E-state index in [1.54, 1.807) is 49.6 Å². The van der Waals surface area contributed by atoms with Crippen molar-refractivity contribution in [3.05, 3.63) is 89.5 Å². The molecule has 2 N–H and O–H groups in total. The van der Waals surface area contributed by atoms with Crippen LogP contribution in [0.2, 0.25) is 0 Å². The molecule has 2 amide bonds. The van der Waals surface area contributed by atoms with E-state index in [2.05, 4.69) is 4.99 Å². The maximum atomic E-state index is 13.0. The monoisotopic (exact) mass is 589 g/mol. The van der Waals surface area contributed by atoms with Crippen molar-refractivity contribution in [1.82, 2.24) is 4.90 Å². The van der Waals surface area contributed by atoms with Gasteiger partial charge in [-0.3, -0.25) is 4.79 Å². The second-order valence-electron chi connectivity index (χ2n) is 10.6. The van der Waals surface area contributed by atoms with Crippen LogP contribution in [-0.2, 0) is 11.3 Å². The number of ether oxygens (including phenoxy) is 4. The third-order valence-electron chi connectivity index (χ3n) is 6.64. The summed E-state index contributed by atoms with van der Waals surface area (Å²) in [6.07, 6.45) is 1.87. The van der Waals surface area contributed by atoms with Gasteiger partial charge in [0.05, 0.1) is 20.3 Å². The van der Waals surface area contributed by atoms with Crippen LogP contribution in [0.5, 0.6) is 17.2 Å². The molecule has 3 aromatic rings. The Balaban J connectivity index is 1.37. The minimum atomic E-state index is -0.740. The highest BCUT2D eigenvalue weighted by molar-refractivity contribution is 6.02. The average Bonchev–Trinajstić information content (AvgIpc) is 3.00. The average molecular weight is 590 g/mol. The van der Waals surface area contributed by atoms with Gasteiger partial charge in [0.25, 0.3) is 5.91 Å². The van der Waals surface area contributed by atoms with Crippen molar-refractivity contribution in [2.75, 3.05) is 20.3 Å². The Morgan fingerprint density at radius 3 is 2.05 bits per heavy atom. The van der Waals surface area contributed by atoms with E-state index in [0.29, 0.717) is 41.6 Å². The topological polar surface area (TPSA) is 113 Å². The lowest BCUT2D eigenvalue weighted by atomic mass is 10.1. The van der Waals surface area contributed by atoms with Gasteiger partial charge in [-0.1, -0.05) is 30.3 Å². The van der Waals surface area contributed by atoms with E-state index in [4.69, 9.17) is 24.7 Å². The maximum absolute atomic E-state index is 13.0. The molecule has 0 unspecified atom stereocenters. The Hall–Kier alpha value is -4.53. The lowest BCUT2D eigenvalue weighted by molar-refractivity contribution is 0.0643. The number of hydrogen-bond acceptors (Lipinski definition) is 6. The molecule has 0 aromatic heterocycles. The SMILES string of the molecule is COc1cc(C(=O)N(C(C)C)C(C)C)ccc1OCCCCCOc1ccc(C(N)=NC(=O)OCc2ccccc2)cc1. The van der Waals surface area contributed by atoms with Crippen LogP contribution in [0.15, 0.2) is 77.8 Å². The lowest BCUT2D eigenvalue weighted by Crippen LogP contribution is -2.42. The molecule has 0 heterocycles. The van der Waals surface area contributed by atoms with Crippen LogP contribution in [0, 0.1) is 0 Å². The van der Waals surface area contributed by atoms with Crippen LogP contribution in [0.3, 0.4) is 0 Å². The van der Waals surface area contributed by atoms with Gasteiger partial charge in [0, 0.05) is 23.2 Å². The number of amides is 2. The molecule has 0 aliphatic carbocycles. The number of unbranched alkanes of at least 4 members (excludes halogenated alkanes) is 2. The van der Waals surface area contributed by atoms with Gasteiger partial charge < -0.3 is 29.6 Å². The Bertz CT molecular complexity index is 1330. The predicted octanol–water partition coefficient (Wildman–Crippen LogP) is 6.62. The maximum Gasteiger partial charge on any atom is 0.435 e. The van der Waals surface area contributed by atoms with Crippen molar-refractivity contribution in [2.24, 2.45) is 10.7 Å². The highest BCUT2D eigenvalue weighted by atomic mass is 16.5. The molecule has 0 saturated heterocycles. The first-order valence-corrected chi connectivity index (χ1v) is 14.6. The van der Waals surface area contributed by atoms with Crippen LogP contribution in [0.1, 0.15) is 68.4 Å². The van der Waals surface area contributed by atoms with Crippen LogP contribution < -0.4 is 19.9 Å². The summed E-state index contributed by atoms with van der Waals surface area (Å²) in [6, 6.07) is 22.0. The minimum Gasteiger partial charge on any atom is -0.494 e. The first-order valence-electron chi connectivity index (χ1n) is 14.6. The Labute approximate surface area is 254 Å². The molecule has 0 fully saturated rings. The summed E-state index contributed by atoms with van der Waals surface area (Å²) in [7, 11) is 1.57. The highest BCUT2D eigenvalue weighted by Gasteiger charge is 2.22. The van der Waals surface area contributed by atoms with E-state index in [1.807, 2.05) is 62.9 Å². The van der Waals surface area contributed by atoms with Crippen LogP contribution in [0.4, 0.5) is 4.79 Å². The molecular formula is C34H43N3O6. The summed E-state index contributed by atoms with van der Waals surface area (Å²) in [4.78, 5) is 30.7. The third-order valence-corrected chi connectivity index (χ3v) is 6.64. The van der Waals surface area contributed by atoms with E-state index in [9.17, 15) is 9.59 Å². The molecule has 43 heavy (non-hydrogen) atoms. The summed E-state index contributed by atoms with van der Waals surface area (Å²) in [6.45, 7) is 9.25. The molecule has 0 atom stereocenters. The summed E-state index contributed by atoms with van der Waals surface area (Å²) in [5.41, 5.74) is 8.02. The van der Waals surface area contributed by atoms with E-state index in [1.165, 1.54) is 0 Å². The number of carbonyl (C=O) groups is 2.